The maximum Gasteiger partial charge on any atom is 0.335 e. The second-order valence-electron chi connectivity index (χ2n) is 6.80. The van der Waals surface area contributed by atoms with Crippen LogP contribution < -0.4 is 14.8 Å². The zero-order chi connectivity index (χ0) is 21.2. The summed E-state index contributed by atoms with van der Waals surface area (Å²) in [6.45, 7) is 2.14. The smallest absolute Gasteiger partial charge is 0.335 e. The van der Waals surface area contributed by atoms with Gasteiger partial charge in [-0.1, -0.05) is 32.3 Å². The van der Waals surface area contributed by atoms with Crippen molar-refractivity contribution >= 4 is 17.6 Å². The Labute approximate surface area is 171 Å². The summed E-state index contributed by atoms with van der Waals surface area (Å²) >= 11 is 0. The number of hydrogen-bond acceptors (Lipinski definition) is 5. The SMILES string of the molecule is CCCCCC(CC(=O)Nc1cc(C(=O)O)ccc1OC)c1ccc(OC)nc1. The molecule has 1 aromatic carbocycles. The number of anilines is 1. The van der Waals surface area contributed by atoms with Crippen molar-refractivity contribution in [2.24, 2.45) is 0 Å². The largest absolute Gasteiger partial charge is 0.495 e. The van der Waals surface area contributed by atoms with Gasteiger partial charge in [0.2, 0.25) is 11.8 Å². The molecule has 2 N–H and O–H groups in total. The molecule has 156 valence electrons. The zero-order valence-electron chi connectivity index (χ0n) is 17.1. The zero-order valence-corrected chi connectivity index (χ0v) is 17.1. The molecular weight excluding hydrogens is 372 g/mol. The number of benzene rings is 1. The predicted molar refractivity (Wildman–Crippen MR) is 111 cm³/mol. The van der Waals surface area contributed by atoms with E-state index in [9.17, 15) is 14.7 Å². The van der Waals surface area contributed by atoms with Gasteiger partial charge in [-0.05, 0) is 36.1 Å². The summed E-state index contributed by atoms with van der Waals surface area (Å²) in [5, 5.41) is 12.0. The van der Waals surface area contributed by atoms with Gasteiger partial charge in [0.15, 0.2) is 0 Å². The Hall–Kier alpha value is -3.09. The highest BCUT2D eigenvalue weighted by molar-refractivity contribution is 5.95. The van der Waals surface area contributed by atoms with Crippen molar-refractivity contribution in [1.29, 1.82) is 0 Å². The number of pyridine rings is 1. The number of carboxylic acids is 1. The number of nitrogens with zero attached hydrogens (tertiary/aromatic N) is 1. The maximum atomic E-state index is 12.7. The molecule has 1 heterocycles. The van der Waals surface area contributed by atoms with Crippen LogP contribution in [0.2, 0.25) is 0 Å². The Morgan fingerprint density at radius 3 is 2.52 bits per heavy atom. The molecule has 0 saturated carbocycles. The second kappa shape index (κ2) is 11.0. The number of unbranched alkanes of at least 4 members (excludes halogenated alkanes) is 2. The van der Waals surface area contributed by atoms with E-state index in [1.54, 1.807) is 19.4 Å². The quantitative estimate of drug-likeness (QED) is 0.539. The minimum Gasteiger partial charge on any atom is -0.495 e. The van der Waals surface area contributed by atoms with Crippen molar-refractivity contribution in [3.05, 3.63) is 47.7 Å². The molecule has 0 fully saturated rings. The van der Waals surface area contributed by atoms with Gasteiger partial charge in [0.25, 0.3) is 0 Å². The molecule has 0 radical (unpaired) electrons. The highest BCUT2D eigenvalue weighted by Crippen LogP contribution is 2.29. The number of rotatable bonds is 11. The third kappa shape index (κ3) is 6.48. The number of carboxylic acid groups (broad SMARTS) is 1. The number of aromatic carboxylic acids is 1. The molecule has 1 unspecified atom stereocenters. The molecular formula is C22H28N2O5. The molecule has 0 aliphatic heterocycles. The number of methoxy groups -OCH3 is 2. The van der Waals surface area contributed by atoms with E-state index in [0.29, 0.717) is 17.3 Å². The summed E-state index contributed by atoms with van der Waals surface area (Å²) < 4.78 is 10.4. The lowest BCUT2D eigenvalue weighted by Gasteiger charge is -2.18. The highest BCUT2D eigenvalue weighted by Gasteiger charge is 2.18. The number of carbonyl (C=O) groups is 2. The van der Waals surface area contributed by atoms with Crippen LogP contribution in [0, 0.1) is 0 Å². The highest BCUT2D eigenvalue weighted by atomic mass is 16.5. The van der Waals surface area contributed by atoms with Crippen molar-refractivity contribution in [2.75, 3.05) is 19.5 Å². The molecule has 2 rings (SSSR count). The number of aromatic nitrogens is 1. The minimum absolute atomic E-state index is 0.00797. The lowest BCUT2D eigenvalue weighted by Crippen LogP contribution is -2.17. The Morgan fingerprint density at radius 1 is 1.14 bits per heavy atom. The van der Waals surface area contributed by atoms with Gasteiger partial charge >= 0.3 is 5.97 Å². The molecule has 0 spiro atoms. The first-order chi connectivity index (χ1) is 14.0. The molecule has 0 aliphatic rings. The van der Waals surface area contributed by atoms with Gasteiger partial charge in [0, 0.05) is 18.7 Å². The van der Waals surface area contributed by atoms with E-state index in [1.165, 1.54) is 25.3 Å². The van der Waals surface area contributed by atoms with Crippen LogP contribution in [-0.4, -0.2) is 36.2 Å². The van der Waals surface area contributed by atoms with E-state index in [1.807, 2.05) is 6.07 Å². The molecule has 2 aromatic rings. The van der Waals surface area contributed by atoms with Crippen LogP contribution in [0.1, 0.15) is 60.9 Å². The van der Waals surface area contributed by atoms with Gasteiger partial charge in [0.1, 0.15) is 5.75 Å². The maximum absolute atomic E-state index is 12.7. The number of hydrogen-bond donors (Lipinski definition) is 2. The predicted octanol–water partition coefficient (Wildman–Crippen LogP) is 4.49. The van der Waals surface area contributed by atoms with Crippen LogP contribution in [0.3, 0.4) is 0 Å². The minimum atomic E-state index is -1.06. The first-order valence-electron chi connectivity index (χ1n) is 9.69. The summed E-state index contributed by atoms with van der Waals surface area (Å²) in [4.78, 5) is 28.2. The summed E-state index contributed by atoms with van der Waals surface area (Å²) in [7, 11) is 3.04. The summed E-state index contributed by atoms with van der Waals surface area (Å²) in [5.74, 6) is -0.320. The van der Waals surface area contributed by atoms with Crippen LogP contribution in [0.15, 0.2) is 36.5 Å². The van der Waals surface area contributed by atoms with Crippen LogP contribution >= 0.6 is 0 Å². The van der Waals surface area contributed by atoms with Gasteiger partial charge in [-0.3, -0.25) is 4.79 Å². The molecule has 0 bridgehead atoms. The summed E-state index contributed by atoms with van der Waals surface area (Å²) in [6, 6.07) is 8.10. The topological polar surface area (TPSA) is 97.8 Å². The fourth-order valence-electron chi connectivity index (χ4n) is 3.15. The van der Waals surface area contributed by atoms with Crippen LogP contribution in [0.5, 0.6) is 11.6 Å². The second-order valence-corrected chi connectivity index (χ2v) is 6.80. The summed E-state index contributed by atoms with van der Waals surface area (Å²) in [6.07, 6.45) is 6.07. The molecule has 29 heavy (non-hydrogen) atoms. The van der Waals surface area contributed by atoms with Gasteiger partial charge in [-0.15, -0.1) is 0 Å². The molecule has 7 nitrogen and oxygen atoms in total. The van der Waals surface area contributed by atoms with Crippen molar-refractivity contribution in [3.63, 3.8) is 0 Å². The Balaban J connectivity index is 2.16. The van der Waals surface area contributed by atoms with E-state index >= 15 is 0 Å². The van der Waals surface area contributed by atoms with E-state index in [2.05, 4.69) is 17.2 Å². The number of carbonyl (C=O) groups excluding carboxylic acids is 1. The molecule has 1 amide bonds. The Kier molecular flexibility index (Phi) is 8.45. The van der Waals surface area contributed by atoms with E-state index < -0.39 is 5.97 Å². The first-order valence-corrected chi connectivity index (χ1v) is 9.69. The van der Waals surface area contributed by atoms with E-state index in [4.69, 9.17) is 9.47 Å². The van der Waals surface area contributed by atoms with Crippen molar-refractivity contribution in [2.45, 2.75) is 44.9 Å². The van der Waals surface area contributed by atoms with Gasteiger partial charge in [-0.2, -0.15) is 0 Å². The van der Waals surface area contributed by atoms with Crippen LogP contribution in [0.25, 0.3) is 0 Å². The number of amides is 1. The molecule has 0 aliphatic carbocycles. The lowest BCUT2D eigenvalue weighted by molar-refractivity contribution is -0.116. The van der Waals surface area contributed by atoms with Crippen molar-refractivity contribution < 1.29 is 24.2 Å². The summed E-state index contributed by atoms with van der Waals surface area (Å²) in [5.41, 5.74) is 1.40. The molecule has 0 saturated heterocycles. The normalized spacial score (nSPS) is 11.6. The van der Waals surface area contributed by atoms with Crippen LogP contribution in [-0.2, 0) is 4.79 Å². The number of ether oxygens (including phenoxy) is 2. The monoisotopic (exact) mass is 400 g/mol. The van der Waals surface area contributed by atoms with Crippen molar-refractivity contribution in [3.8, 4) is 11.6 Å². The average molecular weight is 400 g/mol. The van der Waals surface area contributed by atoms with E-state index in [-0.39, 0.29) is 23.8 Å². The molecule has 1 atom stereocenters. The van der Waals surface area contributed by atoms with Crippen molar-refractivity contribution in [1.82, 2.24) is 4.98 Å². The third-order valence-electron chi connectivity index (χ3n) is 4.75. The first kappa shape index (κ1) is 22.2. The molecule has 7 heteroatoms. The van der Waals surface area contributed by atoms with Gasteiger partial charge < -0.3 is 19.9 Å². The van der Waals surface area contributed by atoms with Gasteiger partial charge in [-0.25, -0.2) is 9.78 Å². The Bertz CT molecular complexity index is 820. The lowest BCUT2D eigenvalue weighted by atomic mass is 9.91. The van der Waals surface area contributed by atoms with Gasteiger partial charge in [0.05, 0.1) is 25.5 Å². The fraction of sp³-hybridized carbons (Fsp3) is 0.409. The molecule has 1 aromatic heterocycles. The number of nitrogens with one attached hydrogen (secondary N) is 1. The van der Waals surface area contributed by atoms with Crippen LogP contribution in [0.4, 0.5) is 5.69 Å². The Morgan fingerprint density at radius 2 is 1.93 bits per heavy atom. The van der Waals surface area contributed by atoms with E-state index in [0.717, 1.165) is 31.2 Å². The third-order valence-corrected chi connectivity index (χ3v) is 4.75. The average Bonchev–Trinajstić information content (AvgIpc) is 2.73. The fourth-order valence-corrected chi connectivity index (χ4v) is 3.15. The standard InChI is InChI=1S/C22H28N2O5/c1-4-5-6-7-15(17-9-11-21(29-3)23-14-17)13-20(25)24-18-12-16(22(26)27)8-10-19(18)28-2/h8-12,14-15H,4-7,13H2,1-3H3,(H,24,25)(H,26,27).